The molecule has 0 bridgehead atoms. The summed E-state index contributed by atoms with van der Waals surface area (Å²) in [6.07, 6.45) is 0.196. The Labute approximate surface area is 184 Å². The molecule has 0 aliphatic carbocycles. The van der Waals surface area contributed by atoms with Gasteiger partial charge in [-0.25, -0.2) is 5.01 Å². The van der Waals surface area contributed by atoms with Crippen molar-refractivity contribution in [1.82, 2.24) is 5.01 Å². The SMILES string of the molecule is O=[N+]([O-])c1cccc([C@H]2Oc3ccccc3[C@H]3CC(c4cccc5ccccc45)=NN32)c1. The van der Waals surface area contributed by atoms with E-state index >= 15 is 0 Å². The third kappa shape index (κ3) is 2.92. The molecule has 0 radical (unpaired) electrons. The molecule has 2 aliphatic rings. The maximum absolute atomic E-state index is 11.3. The summed E-state index contributed by atoms with van der Waals surface area (Å²) < 4.78 is 6.33. The lowest BCUT2D eigenvalue weighted by molar-refractivity contribution is -0.385. The molecule has 0 N–H and O–H groups in total. The van der Waals surface area contributed by atoms with Crippen molar-refractivity contribution in [1.29, 1.82) is 0 Å². The number of nitrogens with zero attached hydrogens (tertiary/aromatic N) is 3. The number of rotatable bonds is 3. The number of ether oxygens (including phenoxy) is 1. The second kappa shape index (κ2) is 7.20. The summed E-state index contributed by atoms with van der Waals surface area (Å²) in [5.41, 5.74) is 3.92. The first-order chi connectivity index (χ1) is 15.7. The summed E-state index contributed by atoms with van der Waals surface area (Å²) in [6.45, 7) is 0. The van der Waals surface area contributed by atoms with Crippen LogP contribution in [0.5, 0.6) is 5.75 Å². The van der Waals surface area contributed by atoms with Crippen LogP contribution in [-0.4, -0.2) is 15.6 Å². The Hall–Kier alpha value is -4.19. The first kappa shape index (κ1) is 18.6. The molecule has 4 aromatic carbocycles. The molecule has 2 atom stereocenters. The van der Waals surface area contributed by atoms with Crippen LogP contribution in [0.15, 0.2) is 96.1 Å². The van der Waals surface area contributed by atoms with Gasteiger partial charge in [0.15, 0.2) is 0 Å². The van der Waals surface area contributed by atoms with Crippen LogP contribution in [-0.2, 0) is 0 Å². The minimum Gasteiger partial charge on any atom is -0.464 e. The van der Waals surface area contributed by atoms with Gasteiger partial charge in [0.05, 0.1) is 16.7 Å². The third-order valence-electron chi connectivity index (χ3n) is 6.17. The Morgan fingerprint density at radius 1 is 0.938 bits per heavy atom. The lowest BCUT2D eigenvalue weighted by Crippen LogP contribution is -2.33. The zero-order chi connectivity index (χ0) is 21.7. The molecule has 0 amide bonds. The molecule has 32 heavy (non-hydrogen) atoms. The van der Waals surface area contributed by atoms with E-state index in [9.17, 15) is 10.1 Å². The smallest absolute Gasteiger partial charge is 0.269 e. The summed E-state index contributed by atoms with van der Waals surface area (Å²) in [5, 5.41) is 20.7. The molecule has 4 aromatic rings. The standard InChI is InChI=1S/C26H19N3O3/c30-29(31)19-10-5-9-18(15-19)26-28-24(22-12-3-4-14-25(22)32-26)16-23(27-28)21-13-6-8-17-7-1-2-11-20(17)21/h1-15,24,26H,16H2/t24-,26-/m1/s1. The molecule has 0 saturated carbocycles. The third-order valence-corrected chi connectivity index (χ3v) is 6.17. The maximum Gasteiger partial charge on any atom is 0.269 e. The van der Waals surface area contributed by atoms with E-state index in [1.165, 1.54) is 11.5 Å². The fourth-order valence-corrected chi connectivity index (χ4v) is 4.69. The molecule has 6 nitrogen and oxygen atoms in total. The predicted octanol–water partition coefficient (Wildman–Crippen LogP) is 5.99. The number of para-hydroxylation sites is 1. The molecule has 0 saturated heterocycles. The van der Waals surface area contributed by atoms with Gasteiger partial charge in [0, 0.05) is 35.2 Å². The van der Waals surface area contributed by atoms with Crippen molar-refractivity contribution in [2.75, 3.05) is 0 Å². The summed E-state index contributed by atoms with van der Waals surface area (Å²) in [7, 11) is 0. The topological polar surface area (TPSA) is 68.0 Å². The highest BCUT2D eigenvalue weighted by Crippen LogP contribution is 2.48. The molecule has 0 unspecified atom stereocenters. The van der Waals surface area contributed by atoms with E-state index in [-0.39, 0.29) is 16.7 Å². The highest BCUT2D eigenvalue weighted by Gasteiger charge is 2.41. The molecule has 156 valence electrons. The van der Waals surface area contributed by atoms with Crippen LogP contribution in [0.25, 0.3) is 10.8 Å². The van der Waals surface area contributed by atoms with Crippen molar-refractivity contribution in [3.63, 3.8) is 0 Å². The number of hydrogen-bond acceptors (Lipinski definition) is 5. The quantitative estimate of drug-likeness (QED) is 0.301. The first-order valence-corrected chi connectivity index (χ1v) is 10.5. The molecule has 2 heterocycles. The number of nitro groups is 1. The van der Waals surface area contributed by atoms with Crippen molar-refractivity contribution in [2.45, 2.75) is 18.7 Å². The molecule has 0 aromatic heterocycles. The number of fused-ring (bicyclic) bond motifs is 4. The van der Waals surface area contributed by atoms with E-state index in [0.717, 1.165) is 34.4 Å². The minimum atomic E-state index is -0.540. The van der Waals surface area contributed by atoms with Crippen molar-refractivity contribution < 1.29 is 9.66 Å². The molecule has 2 aliphatic heterocycles. The lowest BCUT2D eigenvalue weighted by atomic mass is 9.93. The van der Waals surface area contributed by atoms with Gasteiger partial charge >= 0.3 is 0 Å². The largest absolute Gasteiger partial charge is 0.464 e. The van der Waals surface area contributed by atoms with Crippen molar-refractivity contribution >= 4 is 22.2 Å². The molecule has 6 heteroatoms. The predicted molar refractivity (Wildman–Crippen MR) is 123 cm³/mol. The van der Waals surface area contributed by atoms with Crippen molar-refractivity contribution in [2.24, 2.45) is 5.10 Å². The Kier molecular flexibility index (Phi) is 4.18. The second-order valence-electron chi connectivity index (χ2n) is 8.03. The summed E-state index contributed by atoms with van der Waals surface area (Å²) in [5.74, 6) is 0.791. The average molecular weight is 421 g/mol. The van der Waals surface area contributed by atoms with Gasteiger partial charge in [0.2, 0.25) is 6.23 Å². The van der Waals surface area contributed by atoms with E-state index < -0.39 is 6.23 Å². The molecule has 0 fully saturated rings. The van der Waals surface area contributed by atoms with Gasteiger partial charge in [0.25, 0.3) is 5.69 Å². The van der Waals surface area contributed by atoms with Gasteiger partial charge in [0.1, 0.15) is 5.75 Å². The summed E-state index contributed by atoms with van der Waals surface area (Å²) in [6, 6.07) is 29.1. The fourth-order valence-electron chi connectivity index (χ4n) is 4.69. The number of hydrogen-bond donors (Lipinski definition) is 0. The molecular weight excluding hydrogens is 402 g/mol. The Bertz CT molecular complexity index is 1390. The maximum atomic E-state index is 11.3. The minimum absolute atomic E-state index is 0.00168. The Morgan fingerprint density at radius 2 is 1.72 bits per heavy atom. The van der Waals surface area contributed by atoms with Crippen molar-refractivity contribution in [3.8, 4) is 5.75 Å². The Balaban J connectivity index is 1.49. The number of nitro benzene ring substituents is 1. The van der Waals surface area contributed by atoms with Crippen LogP contribution < -0.4 is 4.74 Å². The van der Waals surface area contributed by atoms with Gasteiger partial charge in [-0.1, -0.05) is 72.8 Å². The van der Waals surface area contributed by atoms with Gasteiger partial charge in [-0.05, 0) is 16.8 Å². The second-order valence-corrected chi connectivity index (χ2v) is 8.03. The van der Waals surface area contributed by atoms with Gasteiger partial charge in [-0.3, -0.25) is 10.1 Å². The van der Waals surface area contributed by atoms with Crippen molar-refractivity contribution in [3.05, 3.63) is 118 Å². The van der Waals surface area contributed by atoms with E-state index in [1.807, 2.05) is 41.4 Å². The first-order valence-electron chi connectivity index (χ1n) is 10.5. The highest BCUT2D eigenvalue weighted by molar-refractivity contribution is 6.11. The number of non-ortho nitro benzene ring substituents is 1. The highest BCUT2D eigenvalue weighted by atomic mass is 16.6. The van der Waals surface area contributed by atoms with Crippen LogP contribution in [0.4, 0.5) is 5.69 Å². The van der Waals surface area contributed by atoms with E-state index in [0.29, 0.717) is 5.56 Å². The van der Waals surface area contributed by atoms with Crippen LogP contribution in [0.1, 0.15) is 35.4 Å². The van der Waals surface area contributed by atoms with Crippen LogP contribution in [0.3, 0.4) is 0 Å². The zero-order valence-corrected chi connectivity index (χ0v) is 17.1. The lowest BCUT2D eigenvalue weighted by Gasteiger charge is -2.38. The summed E-state index contributed by atoms with van der Waals surface area (Å²) in [4.78, 5) is 11.0. The number of benzene rings is 4. The van der Waals surface area contributed by atoms with Crippen LogP contribution in [0.2, 0.25) is 0 Å². The molecule has 0 spiro atoms. The van der Waals surface area contributed by atoms with Gasteiger partial charge in [-0.2, -0.15) is 5.10 Å². The summed E-state index contributed by atoms with van der Waals surface area (Å²) >= 11 is 0. The monoisotopic (exact) mass is 421 g/mol. The fraction of sp³-hybridized carbons (Fsp3) is 0.115. The molecular formula is C26H19N3O3. The number of hydrazone groups is 1. The van der Waals surface area contributed by atoms with E-state index in [1.54, 1.807) is 12.1 Å². The normalized spacial score (nSPS) is 19.1. The van der Waals surface area contributed by atoms with Gasteiger partial charge in [-0.15, -0.1) is 0 Å². The molecule has 6 rings (SSSR count). The zero-order valence-electron chi connectivity index (χ0n) is 17.1. The average Bonchev–Trinajstić information content (AvgIpc) is 3.29. The van der Waals surface area contributed by atoms with Crippen LogP contribution in [0, 0.1) is 10.1 Å². The van der Waals surface area contributed by atoms with Gasteiger partial charge < -0.3 is 4.74 Å². The van der Waals surface area contributed by atoms with Crippen LogP contribution >= 0.6 is 0 Å². The van der Waals surface area contributed by atoms with E-state index in [4.69, 9.17) is 9.84 Å². The Morgan fingerprint density at radius 3 is 2.62 bits per heavy atom. The van der Waals surface area contributed by atoms with E-state index in [2.05, 4.69) is 36.4 Å².